The zero-order chi connectivity index (χ0) is 22.5. The van der Waals surface area contributed by atoms with Crippen LogP contribution in [0.15, 0.2) is 65.6 Å². The minimum Gasteiger partial charge on any atom is -0.371 e. The van der Waals surface area contributed by atoms with Gasteiger partial charge in [-0.1, -0.05) is 43.7 Å². The molecule has 0 radical (unpaired) electrons. The summed E-state index contributed by atoms with van der Waals surface area (Å²) in [6, 6.07) is 17.2. The Kier molecular flexibility index (Phi) is 6.71. The molecule has 4 aromatic rings. The van der Waals surface area contributed by atoms with Crippen LogP contribution in [-0.4, -0.2) is 28.5 Å². The van der Waals surface area contributed by atoms with Gasteiger partial charge in [0.15, 0.2) is 5.43 Å². The second kappa shape index (κ2) is 9.83. The van der Waals surface area contributed by atoms with Gasteiger partial charge in [-0.2, -0.15) is 0 Å². The van der Waals surface area contributed by atoms with Gasteiger partial charge in [-0.3, -0.25) is 14.2 Å². The molecule has 0 aliphatic rings. The van der Waals surface area contributed by atoms with Gasteiger partial charge >= 0.3 is 0 Å². The lowest BCUT2D eigenvalue weighted by Crippen LogP contribution is -2.28. The van der Waals surface area contributed by atoms with Crippen molar-refractivity contribution in [1.82, 2.24) is 14.9 Å². The molecule has 0 aliphatic heterocycles. The standard InChI is InChI=1S/C26H30N4O2/c1-3-8-19(15-28-26-13-25(32)22-10-4-6-11-23(22)29-26)14-27-16-20-17-30(18(2)31)24-12-7-5-9-21(20)24/h4-7,9-13,17,19,27H,3,8,14-16H2,1-2H3,(H2,28,29,32). The average molecular weight is 431 g/mol. The molecule has 1 unspecified atom stereocenters. The third-order valence-electron chi connectivity index (χ3n) is 5.90. The van der Waals surface area contributed by atoms with Gasteiger partial charge in [-0.25, -0.2) is 0 Å². The van der Waals surface area contributed by atoms with Crippen molar-refractivity contribution < 1.29 is 4.79 Å². The average Bonchev–Trinajstić information content (AvgIpc) is 3.17. The maximum atomic E-state index is 12.4. The van der Waals surface area contributed by atoms with Crippen molar-refractivity contribution in [1.29, 1.82) is 0 Å². The number of carbonyl (C=O) groups is 1. The number of aromatic amines is 1. The van der Waals surface area contributed by atoms with E-state index in [1.54, 1.807) is 17.6 Å². The van der Waals surface area contributed by atoms with Crippen molar-refractivity contribution in [3.8, 4) is 0 Å². The number of fused-ring (bicyclic) bond motifs is 2. The number of anilines is 1. The molecule has 3 N–H and O–H groups in total. The Bertz CT molecular complexity index is 1290. The molecule has 0 saturated heterocycles. The highest BCUT2D eigenvalue weighted by Gasteiger charge is 2.12. The number of nitrogens with zero attached hydrogens (tertiary/aromatic N) is 1. The highest BCUT2D eigenvalue weighted by molar-refractivity contribution is 5.93. The molecule has 0 amide bonds. The Morgan fingerprint density at radius 3 is 2.59 bits per heavy atom. The van der Waals surface area contributed by atoms with E-state index >= 15 is 0 Å². The van der Waals surface area contributed by atoms with Gasteiger partial charge in [-0.05, 0) is 42.6 Å². The number of carbonyl (C=O) groups excluding carboxylic acids is 1. The Balaban J connectivity index is 1.40. The number of benzene rings is 2. The maximum absolute atomic E-state index is 12.4. The maximum Gasteiger partial charge on any atom is 0.227 e. The predicted octanol–water partition coefficient (Wildman–Crippen LogP) is 4.76. The van der Waals surface area contributed by atoms with Crippen LogP contribution in [0.1, 0.15) is 37.0 Å². The van der Waals surface area contributed by atoms with Crippen LogP contribution in [0, 0.1) is 5.92 Å². The molecule has 0 aliphatic carbocycles. The fourth-order valence-electron chi connectivity index (χ4n) is 4.29. The zero-order valence-electron chi connectivity index (χ0n) is 18.7. The lowest BCUT2D eigenvalue weighted by molar-refractivity contribution is 0.0941. The first-order chi connectivity index (χ1) is 15.6. The first-order valence-electron chi connectivity index (χ1n) is 11.2. The molecule has 2 aromatic heterocycles. The lowest BCUT2D eigenvalue weighted by Gasteiger charge is -2.18. The molecule has 0 saturated carbocycles. The molecule has 32 heavy (non-hydrogen) atoms. The van der Waals surface area contributed by atoms with E-state index in [9.17, 15) is 9.59 Å². The molecule has 2 aromatic carbocycles. The van der Waals surface area contributed by atoms with Crippen LogP contribution in [-0.2, 0) is 6.54 Å². The normalized spacial score (nSPS) is 12.3. The van der Waals surface area contributed by atoms with Crippen molar-refractivity contribution in [3.63, 3.8) is 0 Å². The van der Waals surface area contributed by atoms with E-state index < -0.39 is 0 Å². The van der Waals surface area contributed by atoms with Crippen LogP contribution in [0.2, 0.25) is 0 Å². The zero-order valence-corrected chi connectivity index (χ0v) is 18.7. The van der Waals surface area contributed by atoms with Gasteiger partial charge in [0.1, 0.15) is 5.82 Å². The second-order valence-electron chi connectivity index (χ2n) is 8.32. The third kappa shape index (κ3) is 4.75. The van der Waals surface area contributed by atoms with Crippen LogP contribution in [0.3, 0.4) is 0 Å². The quantitative estimate of drug-likeness (QED) is 0.358. The monoisotopic (exact) mass is 430 g/mol. The van der Waals surface area contributed by atoms with Crippen molar-refractivity contribution in [2.75, 3.05) is 18.4 Å². The van der Waals surface area contributed by atoms with Gasteiger partial charge in [0, 0.05) is 43.0 Å². The van der Waals surface area contributed by atoms with Crippen molar-refractivity contribution in [2.45, 2.75) is 33.2 Å². The van der Waals surface area contributed by atoms with E-state index in [2.05, 4.69) is 28.6 Å². The smallest absolute Gasteiger partial charge is 0.227 e. The second-order valence-corrected chi connectivity index (χ2v) is 8.32. The molecule has 0 bridgehead atoms. The summed E-state index contributed by atoms with van der Waals surface area (Å²) in [6.07, 6.45) is 4.10. The number of pyridine rings is 1. The lowest BCUT2D eigenvalue weighted by atomic mass is 10.0. The largest absolute Gasteiger partial charge is 0.371 e. The number of hydrogen-bond acceptors (Lipinski definition) is 4. The summed E-state index contributed by atoms with van der Waals surface area (Å²) in [5, 5.41) is 8.80. The minimum atomic E-state index is 0.0184. The van der Waals surface area contributed by atoms with Crippen molar-refractivity contribution >= 4 is 33.5 Å². The predicted molar refractivity (Wildman–Crippen MR) is 131 cm³/mol. The first-order valence-corrected chi connectivity index (χ1v) is 11.2. The topological polar surface area (TPSA) is 78.9 Å². The number of aromatic nitrogens is 2. The summed E-state index contributed by atoms with van der Waals surface area (Å²) in [6.45, 7) is 6.09. The highest BCUT2D eigenvalue weighted by Crippen LogP contribution is 2.21. The van der Waals surface area contributed by atoms with Crippen LogP contribution in [0.4, 0.5) is 5.82 Å². The SMILES string of the molecule is CCCC(CNCc1cn(C(C)=O)c2ccccc12)CNc1cc(=O)c2ccccc2[nH]1. The molecular formula is C26H30N4O2. The number of H-pyrrole nitrogens is 1. The molecule has 6 heteroatoms. The fraction of sp³-hybridized carbons (Fsp3) is 0.308. The van der Waals surface area contributed by atoms with Crippen LogP contribution in [0.25, 0.3) is 21.8 Å². The van der Waals surface area contributed by atoms with Crippen molar-refractivity contribution in [2.24, 2.45) is 5.92 Å². The molecule has 166 valence electrons. The Morgan fingerprint density at radius 1 is 1.06 bits per heavy atom. The van der Waals surface area contributed by atoms with Gasteiger partial charge in [0.25, 0.3) is 0 Å². The van der Waals surface area contributed by atoms with Crippen LogP contribution >= 0.6 is 0 Å². The summed E-state index contributed by atoms with van der Waals surface area (Å²) < 4.78 is 1.72. The van der Waals surface area contributed by atoms with Gasteiger partial charge in [0.2, 0.25) is 5.91 Å². The third-order valence-corrected chi connectivity index (χ3v) is 5.90. The van der Waals surface area contributed by atoms with E-state index in [0.717, 1.165) is 53.7 Å². The first kappa shape index (κ1) is 21.8. The number of hydrogen-bond donors (Lipinski definition) is 3. The van der Waals surface area contributed by atoms with E-state index in [1.165, 1.54) is 0 Å². The van der Waals surface area contributed by atoms with Crippen molar-refractivity contribution in [3.05, 3.63) is 76.6 Å². The number of nitrogens with one attached hydrogen (secondary N) is 3. The van der Waals surface area contributed by atoms with E-state index in [0.29, 0.717) is 17.8 Å². The van der Waals surface area contributed by atoms with Crippen LogP contribution < -0.4 is 16.1 Å². The molecule has 0 fully saturated rings. The Hall–Kier alpha value is -3.38. The summed E-state index contributed by atoms with van der Waals surface area (Å²) in [4.78, 5) is 27.6. The fourth-order valence-corrected chi connectivity index (χ4v) is 4.29. The Labute approximate surface area is 187 Å². The van der Waals surface area contributed by atoms with Gasteiger partial charge in [-0.15, -0.1) is 0 Å². The molecule has 1 atom stereocenters. The molecule has 0 spiro atoms. The highest BCUT2D eigenvalue weighted by atomic mass is 16.1. The minimum absolute atomic E-state index is 0.0184. The molecule has 6 nitrogen and oxygen atoms in total. The summed E-state index contributed by atoms with van der Waals surface area (Å²) in [7, 11) is 0. The number of rotatable bonds is 9. The van der Waals surface area contributed by atoms with Crippen LogP contribution in [0.5, 0.6) is 0 Å². The Morgan fingerprint density at radius 2 is 1.81 bits per heavy atom. The summed E-state index contributed by atoms with van der Waals surface area (Å²) in [5.74, 6) is 1.18. The van der Waals surface area contributed by atoms with Gasteiger partial charge < -0.3 is 15.6 Å². The van der Waals surface area contributed by atoms with E-state index in [4.69, 9.17) is 0 Å². The number of para-hydroxylation sites is 2. The van der Waals surface area contributed by atoms with E-state index in [1.807, 2.05) is 48.7 Å². The molecule has 2 heterocycles. The van der Waals surface area contributed by atoms with Gasteiger partial charge in [0.05, 0.1) is 11.0 Å². The summed E-state index contributed by atoms with van der Waals surface area (Å²) >= 11 is 0. The van der Waals surface area contributed by atoms with E-state index in [-0.39, 0.29) is 11.3 Å². The molecule has 4 rings (SSSR count). The molecular weight excluding hydrogens is 400 g/mol. The summed E-state index contributed by atoms with van der Waals surface area (Å²) in [5.41, 5.74) is 2.94.